The van der Waals surface area contributed by atoms with Crippen LogP contribution in [0.3, 0.4) is 0 Å². The molecule has 20 heavy (non-hydrogen) atoms. The van der Waals surface area contributed by atoms with Gasteiger partial charge < -0.3 is 10.2 Å². The molecule has 2 rings (SSSR count). The molecular formula is C16H26FN3. The molecule has 1 aromatic rings. The normalized spacial score (nSPS) is 15.2. The van der Waals surface area contributed by atoms with E-state index < -0.39 is 0 Å². The van der Waals surface area contributed by atoms with Crippen LogP contribution in [0.4, 0.5) is 10.2 Å². The van der Waals surface area contributed by atoms with Crippen molar-refractivity contribution >= 4 is 5.82 Å². The van der Waals surface area contributed by atoms with Crippen LogP contribution < -0.4 is 10.2 Å². The lowest BCUT2D eigenvalue weighted by atomic mass is 10.2. The molecule has 0 unspecified atom stereocenters. The molecule has 0 aliphatic heterocycles. The Morgan fingerprint density at radius 3 is 2.60 bits per heavy atom. The molecule has 0 saturated heterocycles. The Bertz CT molecular complexity index is 441. The van der Waals surface area contributed by atoms with Crippen LogP contribution in [0.15, 0.2) is 12.3 Å². The molecule has 112 valence electrons. The van der Waals surface area contributed by atoms with Crippen molar-refractivity contribution in [3.05, 3.63) is 23.6 Å². The van der Waals surface area contributed by atoms with E-state index in [1.165, 1.54) is 19.0 Å². The molecule has 1 fully saturated rings. The fourth-order valence-corrected chi connectivity index (χ4v) is 2.30. The summed E-state index contributed by atoms with van der Waals surface area (Å²) < 4.78 is 13.5. The van der Waals surface area contributed by atoms with Crippen LogP contribution in [-0.4, -0.2) is 23.6 Å². The lowest BCUT2D eigenvalue weighted by Gasteiger charge is -2.30. The average molecular weight is 279 g/mol. The third-order valence-corrected chi connectivity index (χ3v) is 3.66. The van der Waals surface area contributed by atoms with E-state index in [2.05, 4.69) is 42.9 Å². The van der Waals surface area contributed by atoms with Crippen LogP contribution in [-0.2, 0) is 6.54 Å². The fourth-order valence-electron chi connectivity index (χ4n) is 2.30. The van der Waals surface area contributed by atoms with Crippen LogP contribution in [0.2, 0.25) is 0 Å². The van der Waals surface area contributed by atoms with Gasteiger partial charge in [-0.15, -0.1) is 0 Å². The van der Waals surface area contributed by atoms with Crippen molar-refractivity contribution in [1.29, 1.82) is 0 Å². The predicted octanol–water partition coefficient (Wildman–Crippen LogP) is 3.34. The largest absolute Gasteiger partial charge is 0.354 e. The first-order valence-electron chi connectivity index (χ1n) is 7.61. The first-order valence-corrected chi connectivity index (χ1v) is 7.61. The lowest BCUT2D eigenvalue weighted by Crippen LogP contribution is -2.35. The van der Waals surface area contributed by atoms with Gasteiger partial charge in [0.15, 0.2) is 0 Å². The summed E-state index contributed by atoms with van der Waals surface area (Å²) in [4.78, 5) is 6.68. The van der Waals surface area contributed by atoms with Crippen LogP contribution in [0.5, 0.6) is 0 Å². The molecule has 1 aliphatic carbocycles. The van der Waals surface area contributed by atoms with Gasteiger partial charge in [0.25, 0.3) is 0 Å². The molecule has 1 aliphatic rings. The second kappa shape index (κ2) is 6.53. The maximum absolute atomic E-state index is 13.5. The highest BCUT2D eigenvalue weighted by Gasteiger charge is 2.27. The highest BCUT2D eigenvalue weighted by atomic mass is 19.1. The Kier molecular flexibility index (Phi) is 4.97. The van der Waals surface area contributed by atoms with E-state index in [9.17, 15) is 4.39 Å². The van der Waals surface area contributed by atoms with Gasteiger partial charge in [0.2, 0.25) is 0 Å². The van der Waals surface area contributed by atoms with Crippen LogP contribution in [0.1, 0.15) is 46.1 Å². The van der Waals surface area contributed by atoms with Gasteiger partial charge in [-0.05, 0) is 38.7 Å². The van der Waals surface area contributed by atoms with E-state index in [0.717, 1.165) is 23.8 Å². The van der Waals surface area contributed by atoms with Gasteiger partial charge in [-0.25, -0.2) is 9.37 Å². The van der Waals surface area contributed by atoms with E-state index >= 15 is 0 Å². The molecule has 0 radical (unpaired) electrons. The number of halogens is 1. The van der Waals surface area contributed by atoms with Crippen molar-refractivity contribution in [2.75, 3.05) is 11.4 Å². The van der Waals surface area contributed by atoms with Gasteiger partial charge in [-0.2, -0.15) is 0 Å². The number of pyridine rings is 1. The summed E-state index contributed by atoms with van der Waals surface area (Å²) in [5.74, 6) is 1.46. The van der Waals surface area contributed by atoms with Crippen molar-refractivity contribution in [2.24, 2.45) is 5.92 Å². The minimum atomic E-state index is -0.260. The van der Waals surface area contributed by atoms with Crippen molar-refractivity contribution < 1.29 is 4.39 Å². The summed E-state index contributed by atoms with van der Waals surface area (Å²) in [6.07, 6.45) is 3.95. The lowest BCUT2D eigenvalue weighted by molar-refractivity contribution is 0.569. The topological polar surface area (TPSA) is 28.2 Å². The van der Waals surface area contributed by atoms with E-state index in [1.807, 2.05) is 0 Å². The fraction of sp³-hybridized carbons (Fsp3) is 0.688. The van der Waals surface area contributed by atoms with Crippen LogP contribution >= 0.6 is 0 Å². The van der Waals surface area contributed by atoms with E-state index in [1.54, 1.807) is 6.07 Å². The Hall–Kier alpha value is -1.16. The summed E-state index contributed by atoms with van der Waals surface area (Å²) >= 11 is 0. The maximum atomic E-state index is 13.5. The standard InChI is InChI=1S/C16H26FN3/c1-11(2)18-8-14-7-15(17)9-19-16(14)20(12(3)4)10-13-5-6-13/h7,9,11-13,18H,5-6,8,10H2,1-4H3. The predicted molar refractivity (Wildman–Crippen MR) is 81.4 cm³/mol. The molecule has 0 spiro atoms. The molecule has 4 heteroatoms. The summed E-state index contributed by atoms with van der Waals surface area (Å²) in [6.45, 7) is 10.2. The highest BCUT2D eigenvalue weighted by Crippen LogP contribution is 2.32. The molecule has 0 bridgehead atoms. The van der Waals surface area contributed by atoms with Crippen LogP contribution in [0, 0.1) is 11.7 Å². The minimum Gasteiger partial charge on any atom is -0.354 e. The van der Waals surface area contributed by atoms with Crippen molar-refractivity contribution in [3.8, 4) is 0 Å². The van der Waals surface area contributed by atoms with Crippen molar-refractivity contribution in [2.45, 2.75) is 59.2 Å². The van der Waals surface area contributed by atoms with E-state index in [0.29, 0.717) is 18.6 Å². The first kappa shape index (κ1) is 15.2. The third-order valence-electron chi connectivity index (χ3n) is 3.66. The SMILES string of the molecule is CC(C)NCc1cc(F)cnc1N(CC1CC1)C(C)C. The van der Waals surface area contributed by atoms with Gasteiger partial charge in [-0.1, -0.05) is 13.8 Å². The average Bonchev–Trinajstić information content (AvgIpc) is 3.18. The van der Waals surface area contributed by atoms with Gasteiger partial charge >= 0.3 is 0 Å². The minimum absolute atomic E-state index is 0.260. The van der Waals surface area contributed by atoms with Crippen molar-refractivity contribution in [1.82, 2.24) is 10.3 Å². The monoisotopic (exact) mass is 279 g/mol. The number of hydrogen-bond acceptors (Lipinski definition) is 3. The number of nitrogens with one attached hydrogen (secondary N) is 1. The second-order valence-corrected chi connectivity index (χ2v) is 6.36. The van der Waals surface area contributed by atoms with Crippen LogP contribution in [0.25, 0.3) is 0 Å². The molecule has 1 N–H and O–H groups in total. The molecule has 0 atom stereocenters. The molecular weight excluding hydrogens is 253 g/mol. The summed E-state index contributed by atoms with van der Waals surface area (Å²) in [6, 6.07) is 2.37. The zero-order valence-electron chi connectivity index (χ0n) is 13.0. The Balaban J connectivity index is 2.21. The smallest absolute Gasteiger partial charge is 0.141 e. The Morgan fingerprint density at radius 1 is 1.35 bits per heavy atom. The van der Waals surface area contributed by atoms with Gasteiger partial charge in [0.05, 0.1) is 6.20 Å². The van der Waals surface area contributed by atoms with Gasteiger partial charge in [-0.3, -0.25) is 0 Å². The number of anilines is 1. The second-order valence-electron chi connectivity index (χ2n) is 6.36. The molecule has 1 aromatic heterocycles. The molecule has 1 saturated carbocycles. The Labute approximate surface area is 121 Å². The third kappa shape index (κ3) is 4.17. The molecule has 0 aromatic carbocycles. The molecule has 1 heterocycles. The zero-order valence-corrected chi connectivity index (χ0v) is 13.0. The first-order chi connectivity index (χ1) is 9.47. The number of rotatable bonds is 7. The Morgan fingerprint density at radius 2 is 2.05 bits per heavy atom. The quantitative estimate of drug-likeness (QED) is 0.829. The van der Waals surface area contributed by atoms with Gasteiger partial charge in [0, 0.05) is 30.7 Å². The molecule has 0 amide bonds. The summed E-state index contributed by atoms with van der Waals surface area (Å²) in [5.41, 5.74) is 0.952. The highest BCUT2D eigenvalue weighted by molar-refractivity contribution is 5.48. The number of nitrogens with zero attached hydrogens (tertiary/aromatic N) is 2. The van der Waals surface area contributed by atoms with E-state index in [4.69, 9.17) is 0 Å². The number of aromatic nitrogens is 1. The van der Waals surface area contributed by atoms with Crippen molar-refractivity contribution in [3.63, 3.8) is 0 Å². The van der Waals surface area contributed by atoms with E-state index in [-0.39, 0.29) is 5.82 Å². The summed E-state index contributed by atoms with van der Waals surface area (Å²) in [5, 5.41) is 3.36. The zero-order chi connectivity index (χ0) is 14.7. The van der Waals surface area contributed by atoms with Gasteiger partial charge in [0.1, 0.15) is 11.6 Å². The number of hydrogen-bond donors (Lipinski definition) is 1. The molecule has 3 nitrogen and oxygen atoms in total. The maximum Gasteiger partial charge on any atom is 0.141 e. The summed E-state index contributed by atoms with van der Waals surface area (Å²) in [7, 11) is 0.